The lowest BCUT2D eigenvalue weighted by molar-refractivity contribution is -0.117. The number of anilines is 1. The van der Waals surface area contributed by atoms with Crippen molar-refractivity contribution in [3.8, 4) is 11.5 Å². The Morgan fingerprint density at radius 2 is 1.83 bits per heavy atom. The number of ether oxygens (including phenoxy) is 2. The summed E-state index contributed by atoms with van der Waals surface area (Å²) in [5.74, 6) is 2.77. The lowest BCUT2D eigenvalue weighted by Crippen LogP contribution is -2.25. The molecule has 35 heavy (non-hydrogen) atoms. The van der Waals surface area contributed by atoms with Crippen LogP contribution in [0.25, 0.3) is 11.0 Å². The first kappa shape index (κ1) is 23.0. The van der Waals surface area contributed by atoms with E-state index in [4.69, 9.17) is 14.5 Å². The molecule has 1 aliphatic rings. The summed E-state index contributed by atoms with van der Waals surface area (Å²) < 4.78 is 13.5. The van der Waals surface area contributed by atoms with Crippen molar-refractivity contribution < 1.29 is 14.3 Å². The van der Waals surface area contributed by atoms with E-state index in [9.17, 15) is 4.79 Å². The maximum atomic E-state index is 13.1. The zero-order chi connectivity index (χ0) is 24.4. The smallest absolute Gasteiger partial charge is 0.227 e. The molecule has 0 aliphatic carbocycles. The Morgan fingerprint density at radius 3 is 2.69 bits per heavy atom. The molecule has 6 nitrogen and oxygen atoms in total. The van der Waals surface area contributed by atoms with Gasteiger partial charge in [-0.05, 0) is 61.7 Å². The minimum atomic E-state index is 0.0501. The van der Waals surface area contributed by atoms with Gasteiger partial charge in [0.05, 0.1) is 24.8 Å². The third-order valence-electron chi connectivity index (χ3n) is 6.67. The highest BCUT2D eigenvalue weighted by Crippen LogP contribution is 2.35. The third-order valence-corrected chi connectivity index (χ3v) is 6.67. The van der Waals surface area contributed by atoms with Crippen molar-refractivity contribution in [2.45, 2.75) is 39.2 Å². The summed E-state index contributed by atoms with van der Waals surface area (Å²) in [5, 5.41) is 0. The second-order valence-electron chi connectivity index (χ2n) is 9.19. The van der Waals surface area contributed by atoms with Gasteiger partial charge in [-0.2, -0.15) is 0 Å². The maximum Gasteiger partial charge on any atom is 0.227 e. The monoisotopic (exact) mass is 469 g/mol. The number of imidazole rings is 1. The van der Waals surface area contributed by atoms with Gasteiger partial charge in [-0.15, -0.1) is 0 Å². The first-order chi connectivity index (χ1) is 17.0. The average molecular weight is 470 g/mol. The second kappa shape index (κ2) is 9.82. The van der Waals surface area contributed by atoms with E-state index in [1.54, 1.807) is 7.11 Å². The number of aryl methyl sites for hydroxylation is 3. The van der Waals surface area contributed by atoms with Crippen LogP contribution in [0.4, 0.5) is 5.69 Å². The van der Waals surface area contributed by atoms with Crippen LogP contribution in [0.1, 0.15) is 35.7 Å². The third kappa shape index (κ3) is 4.74. The van der Waals surface area contributed by atoms with Gasteiger partial charge in [-0.1, -0.05) is 30.3 Å². The molecule has 1 unspecified atom stereocenters. The van der Waals surface area contributed by atoms with Gasteiger partial charge in [0, 0.05) is 37.2 Å². The van der Waals surface area contributed by atoms with Crippen molar-refractivity contribution in [1.82, 2.24) is 9.55 Å². The van der Waals surface area contributed by atoms with Gasteiger partial charge in [0.1, 0.15) is 17.3 Å². The SMILES string of the molecule is COc1cccc(OCCCn2c(C3CC(=O)N(c4cc(C)ccc4C)C3)nc3ccccc32)c1. The van der Waals surface area contributed by atoms with Crippen molar-refractivity contribution in [2.24, 2.45) is 0 Å². The van der Waals surface area contributed by atoms with Crippen molar-refractivity contribution in [3.05, 3.63) is 83.7 Å². The highest BCUT2D eigenvalue weighted by atomic mass is 16.5. The topological polar surface area (TPSA) is 56.6 Å². The molecule has 1 aliphatic heterocycles. The van der Waals surface area contributed by atoms with Gasteiger partial charge >= 0.3 is 0 Å². The maximum absolute atomic E-state index is 13.1. The number of rotatable bonds is 8. The van der Waals surface area contributed by atoms with E-state index in [1.165, 1.54) is 0 Å². The van der Waals surface area contributed by atoms with Crippen LogP contribution >= 0.6 is 0 Å². The Bertz CT molecular complexity index is 1360. The standard InChI is InChI=1S/C29H31N3O3/c1-20-12-13-21(2)27(16-20)32-19-22(17-28(32)33)29-30-25-10-4-5-11-26(25)31(29)14-7-15-35-24-9-6-8-23(18-24)34-3/h4-6,8-13,16,18,22H,7,14-15,17,19H2,1-3H3. The summed E-state index contributed by atoms with van der Waals surface area (Å²) in [6, 6.07) is 22.1. The molecule has 1 amide bonds. The van der Waals surface area contributed by atoms with Crippen molar-refractivity contribution >= 4 is 22.6 Å². The van der Waals surface area contributed by atoms with Crippen molar-refractivity contribution in [3.63, 3.8) is 0 Å². The fourth-order valence-electron chi connectivity index (χ4n) is 4.87. The molecule has 0 bridgehead atoms. The zero-order valence-corrected chi connectivity index (χ0v) is 20.5. The molecular weight excluding hydrogens is 438 g/mol. The lowest BCUT2D eigenvalue weighted by atomic mass is 10.1. The minimum absolute atomic E-state index is 0.0501. The average Bonchev–Trinajstić information content (AvgIpc) is 3.44. The number of para-hydroxylation sites is 2. The van der Waals surface area contributed by atoms with Crippen LogP contribution < -0.4 is 14.4 Å². The number of hydrogen-bond acceptors (Lipinski definition) is 4. The van der Waals surface area contributed by atoms with Gasteiger partial charge < -0.3 is 18.9 Å². The Hall–Kier alpha value is -3.80. The number of nitrogens with zero attached hydrogens (tertiary/aromatic N) is 3. The quantitative estimate of drug-likeness (QED) is 0.313. The summed E-state index contributed by atoms with van der Waals surface area (Å²) >= 11 is 0. The first-order valence-electron chi connectivity index (χ1n) is 12.1. The van der Waals surface area contributed by atoms with Crippen LogP contribution in [0.15, 0.2) is 66.7 Å². The number of aromatic nitrogens is 2. The Balaban J connectivity index is 1.35. The molecule has 1 aromatic heterocycles. The Kier molecular flexibility index (Phi) is 6.45. The van der Waals surface area contributed by atoms with Crippen LogP contribution in [-0.2, 0) is 11.3 Å². The molecule has 1 saturated heterocycles. The number of carbonyl (C=O) groups excluding carboxylic acids is 1. The zero-order valence-electron chi connectivity index (χ0n) is 20.5. The van der Waals surface area contributed by atoms with Crippen LogP contribution in [0.2, 0.25) is 0 Å². The lowest BCUT2D eigenvalue weighted by Gasteiger charge is -2.20. The van der Waals surface area contributed by atoms with Crippen LogP contribution in [0.3, 0.4) is 0 Å². The molecule has 180 valence electrons. The van der Waals surface area contributed by atoms with E-state index in [1.807, 2.05) is 47.4 Å². The Labute approximate surface area is 206 Å². The molecule has 0 spiro atoms. The van der Waals surface area contributed by atoms with Gasteiger partial charge in [-0.25, -0.2) is 4.98 Å². The van der Waals surface area contributed by atoms with Gasteiger partial charge in [0.25, 0.3) is 0 Å². The van der Waals surface area contributed by atoms with Crippen molar-refractivity contribution in [2.75, 3.05) is 25.2 Å². The molecule has 2 heterocycles. The molecule has 0 saturated carbocycles. The van der Waals surface area contributed by atoms with E-state index in [0.717, 1.165) is 58.1 Å². The van der Waals surface area contributed by atoms with E-state index in [-0.39, 0.29) is 11.8 Å². The first-order valence-corrected chi connectivity index (χ1v) is 12.1. The number of benzene rings is 3. The molecular formula is C29H31N3O3. The predicted octanol–water partition coefficient (Wildman–Crippen LogP) is 5.65. The molecule has 0 radical (unpaired) electrons. The van der Waals surface area contributed by atoms with E-state index < -0.39 is 0 Å². The van der Waals surface area contributed by atoms with E-state index >= 15 is 0 Å². The van der Waals surface area contributed by atoms with E-state index in [2.05, 4.69) is 42.7 Å². The molecule has 3 aromatic carbocycles. The van der Waals surface area contributed by atoms with Crippen molar-refractivity contribution in [1.29, 1.82) is 0 Å². The highest BCUT2D eigenvalue weighted by Gasteiger charge is 2.35. The van der Waals surface area contributed by atoms with Crippen LogP contribution in [0, 0.1) is 13.8 Å². The number of carbonyl (C=O) groups is 1. The largest absolute Gasteiger partial charge is 0.497 e. The molecule has 1 atom stereocenters. The Morgan fingerprint density at radius 1 is 1.00 bits per heavy atom. The number of amides is 1. The fourth-order valence-corrected chi connectivity index (χ4v) is 4.87. The van der Waals surface area contributed by atoms with Crippen LogP contribution in [0.5, 0.6) is 11.5 Å². The van der Waals surface area contributed by atoms with E-state index in [0.29, 0.717) is 19.6 Å². The molecule has 6 heteroatoms. The molecule has 1 fully saturated rings. The number of methoxy groups -OCH3 is 1. The molecule has 0 N–H and O–H groups in total. The number of fused-ring (bicyclic) bond motifs is 1. The molecule has 4 aromatic rings. The number of hydrogen-bond donors (Lipinski definition) is 0. The summed E-state index contributed by atoms with van der Waals surface area (Å²) in [5.41, 5.74) is 5.35. The second-order valence-corrected chi connectivity index (χ2v) is 9.19. The summed E-state index contributed by atoms with van der Waals surface area (Å²) in [6.07, 6.45) is 1.29. The normalized spacial score (nSPS) is 15.7. The predicted molar refractivity (Wildman–Crippen MR) is 138 cm³/mol. The van der Waals surface area contributed by atoms with Gasteiger partial charge in [-0.3, -0.25) is 4.79 Å². The summed E-state index contributed by atoms with van der Waals surface area (Å²) in [6.45, 7) is 6.12. The minimum Gasteiger partial charge on any atom is -0.497 e. The fraction of sp³-hybridized carbons (Fsp3) is 0.310. The van der Waals surface area contributed by atoms with Crippen LogP contribution in [-0.4, -0.2) is 35.7 Å². The van der Waals surface area contributed by atoms with Gasteiger partial charge in [0.15, 0.2) is 0 Å². The summed E-state index contributed by atoms with van der Waals surface area (Å²) in [7, 11) is 1.65. The van der Waals surface area contributed by atoms with Gasteiger partial charge in [0.2, 0.25) is 5.91 Å². The molecule has 5 rings (SSSR count). The highest BCUT2D eigenvalue weighted by molar-refractivity contribution is 5.97. The summed E-state index contributed by atoms with van der Waals surface area (Å²) in [4.78, 5) is 20.0.